The van der Waals surface area contributed by atoms with Gasteiger partial charge in [-0.2, -0.15) is 0 Å². The maximum Gasteiger partial charge on any atom is 0.0557 e. The normalized spacial score (nSPS) is 20.8. The first kappa shape index (κ1) is 14.4. The van der Waals surface area contributed by atoms with Crippen LogP contribution < -0.4 is 10.2 Å². The fraction of sp³-hybridized carbons (Fsp3) is 0.625. The molecule has 3 nitrogen and oxygen atoms in total. The van der Waals surface area contributed by atoms with Crippen molar-refractivity contribution >= 4 is 5.69 Å². The first-order chi connectivity index (χ1) is 9.11. The molecular weight excluding hydrogens is 236 g/mol. The third-order valence-electron chi connectivity index (χ3n) is 4.16. The Balaban J connectivity index is 2.04. The van der Waals surface area contributed by atoms with E-state index >= 15 is 0 Å². The lowest BCUT2D eigenvalue weighted by molar-refractivity contribution is 0.136. The van der Waals surface area contributed by atoms with E-state index in [9.17, 15) is 5.11 Å². The zero-order valence-electron chi connectivity index (χ0n) is 12.3. The monoisotopic (exact) mass is 262 g/mol. The molecule has 0 aliphatic carbocycles. The van der Waals surface area contributed by atoms with Crippen LogP contribution in [0.5, 0.6) is 0 Å². The second-order valence-corrected chi connectivity index (χ2v) is 5.63. The number of nitrogens with zero attached hydrogens (tertiary/aromatic N) is 1. The molecule has 0 spiro atoms. The maximum absolute atomic E-state index is 9.68. The minimum atomic E-state index is -0.195. The number of aliphatic hydroxyl groups excluding tert-OH is 1. The van der Waals surface area contributed by atoms with Crippen LogP contribution in [-0.4, -0.2) is 30.8 Å². The molecule has 0 bridgehead atoms. The van der Waals surface area contributed by atoms with Gasteiger partial charge < -0.3 is 15.3 Å². The first-order valence-corrected chi connectivity index (χ1v) is 7.35. The number of benzene rings is 1. The lowest BCUT2D eigenvalue weighted by Gasteiger charge is -2.21. The average molecular weight is 262 g/mol. The number of hydrogen-bond acceptors (Lipinski definition) is 3. The largest absolute Gasteiger partial charge is 0.393 e. The van der Waals surface area contributed by atoms with Crippen molar-refractivity contribution in [3.05, 3.63) is 29.3 Å². The van der Waals surface area contributed by atoms with Gasteiger partial charge in [0.25, 0.3) is 0 Å². The smallest absolute Gasteiger partial charge is 0.0557 e. The summed E-state index contributed by atoms with van der Waals surface area (Å²) in [7, 11) is 0. The van der Waals surface area contributed by atoms with Crippen molar-refractivity contribution in [3.8, 4) is 0 Å². The van der Waals surface area contributed by atoms with Crippen LogP contribution in [0.1, 0.15) is 31.4 Å². The molecule has 1 aromatic rings. The fourth-order valence-corrected chi connectivity index (χ4v) is 2.75. The third kappa shape index (κ3) is 3.48. The Hall–Kier alpha value is -1.06. The van der Waals surface area contributed by atoms with Crippen molar-refractivity contribution in [1.82, 2.24) is 5.32 Å². The van der Waals surface area contributed by atoms with Gasteiger partial charge in [0.1, 0.15) is 0 Å². The molecule has 2 rings (SSSR count). The van der Waals surface area contributed by atoms with E-state index in [2.05, 4.69) is 42.3 Å². The van der Waals surface area contributed by atoms with Gasteiger partial charge in [-0.15, -0.1) is 0 Å². The summed E-state index contributed by atoms with van der Waals surface area (Å²) in [4.78, 5) is 2.39. The molecular formula is C16H26N2O. The van der Waals surface area contributed by atoms with Crippen molar-refractivity contribution in [2.45, 2.75) is 39.8 Å². The van der Waals surface area contributed by atoms with E-state index < -0.39 is 0 Å². The van der Waals surface area contributed by atoms with Crippen LogP contribution in [0.3, 0.4) is 0 Å². The Bertz CT molecular complexity index is 417. The van der Waals surface area contributed by atoms with Crippen LogP contribution in [0.15, 0.2) is 18.2 Å². The second-order valence-electron chi connectivity index (χ2n) is 5.63. The summed E-state index contributed by atoms with van der Waals surface area (Å²) in [5, 5.41) is 13.0. The summed E-state index contributed by atoms with van der Waals surface area (Å²) in [5.41, 5.74) is 4.01. The number of anilines is 1. The highest BCUT2D eigenvalue weighted by Crippen LogP contribution is 2.27. The summed E-state index contributed by atoms with van der Waals surface area (Å²) in [5.74, 6) is 0.418. The van der Waals surface area contributed by atoms with Crippen LogP contribution in [-0.2, 0) is 6.54 Å². The van der Waals surface area contributed by atoms with E-state index in [4.69, 9.17) is 0 Å². The Morgan fingerprint density at radius 3 is 2.84 bits per heavy atom. The van der Waals surface area contributed by atoms with Gasteiger partial charge in [0, 0.05) is 31.2 Å². The van der Waals surface area contributed by atoms with Crippen LogP contribution >= 0.6 is 0 Å². The zero-order chi connectivity index (χ0) is 13.8. The molecule has 1 heterocycles. The quantitative estimate of drug-likeness (QED) is 0.855. The molecule has 1 aromatic carbocycles. The number of rotatable bonds is 5. The first-order valence-electron chi connectivity index (χ1n) is 7.35. The molecule has 1 saturated heterocycles. The lowest BCUT2D eigenvalue weighted by atomic mass is 10.0. The Kier molecular flexibility index (Phi) is 4.83. The van der Waals surface area contributed by atoms with E-state index in [-0.39, 0.29) is 6.10 Å². The van der Waals surface area contributed by atoms with Gasteiger partial charge in [0.05, 0.1) is 6.10 Å². The van der Waals surface area contributed by atoms with Gasteiger partial charge in [0.15, 0.2) is 0 Å². The molecule has 0 amide bonds. The van der Waals surface area contributed by atoms with Gasteiger partial charge in [-0.25, -0.2) is 0 Å². The van der Waals surface area contributed by atoms with Crippen molar-refractivity contribution in [1.29, 1.82) is 0 Å². The summed E-state index contributed by atoms with van der Waals surface area (Å²) >= 11 is 0. The predicted molar refractivity (Wildman–Crippen MR) is 80.6 cm³/mol. The Morgan fingerprint density at radius 1 is 1.47 bits per heavy atom. The molecule has 0 radical (unpaired) electrons. The van der Waals surface area contributed by atoms with Crippen molar-refractivity contribution in [3.63, 3.8) is 0 Å². The van der Waals surface area contributed by atoms with Gasteiger partial charge in [-0.3, -0.25) is 0 Å². The number of nitrogens with one attached hydrogen (secondary N) is 1. The van der Waals surface area contributed by atoms with Crippen LogP contribution in [0.25, 0.3) is 0 Å². The van der Waals surface area contributed by atoms with Gasteiger partial charge in [-0.1, -0.05) is 13.0 Å². The molecule has 1 aliphatic rings. The molecule has 2 unspecified atom stereocenters. The van der Waals surface area contributed by atoms with Crippen LogP contribution in [0.4, 0.5) is 5.69 Å². The SMILES string of the molecule is CCNCc1ccc(N2CCC(C(C)O)C2)cc1C. The van der Waals surface area contributed by atoms with E-state index in [0.717, 1.165) is 32.6 Å². The molecule has 1 aliphatic heterocycles. The van der Waals surface area contributed by atoms with E-state index in [1.807, 2.05) is 6.92 Å². The Labute approximate surface area is 116 Å². The molecule has 19 heavy (non-hydrogen) atoms. The molecule has 0 saturated carbocycles. The van der Waals surface area contributed by atoms with Crippen LogP contribution in [0, 0.1) is 12.8 Å². The van der Waals surface area contributed by atoms with Crippen molar-refractivity contribution in [2.24, 2.45) is 5.92 Å². The summed E-state index contributed by atoms with van der Waals surface area (Å²) in [6.07, 6.45) is 0.898. The predicted octanol–water partition coefficient (Wildman–Crippen LogP) is 2.31. The number of aliphatic hydroxyl groups is 1. The van der Waals surface area contributed by atoms with E-state index in [0.29, 0.717) is 5.92 Å². The number of aryl methyl sites for hydroxylation is 1. The van der Waals surface area contributed by atoms with Crippen molar-refractivity contribution < 1.29 is 5.11 Å². The molecule has 106 valence electrons. The molecule has 0 aromatic heterocycles. The molecule has 3 heteroatoms. The average Bonchev–Trinajstić information content (AvgIpc) is 2.87. The summed E-state index contributed by atoms with van der Waals surface area (Å²) in [6.45, 7) is 10.2. The van der Waals surface area contributed by atoms with Crippen molar-refractivity contribution in [2.75, 3.05) is 24.5 Å². The fourth-order valence-electron chi connectivity index (χ4n) is 2.75. The van der Waals surface area contributed by atoms with Gasteiger partial charge in [-0.05, 0) is 50.1 Å². The maximum atomic E-state index is 9.68. The van der Waals surface area contributed by atoms with Crippen LogP contribution in [0.2, 0.25) is 0 Å². The topological polar surface area (TPSA) is 35.5 Å². The van der Waals surface area contributed by atoms with Gasteiger partial charge >= 0.3 is 0 Å². The summed E-state index contributed by atoms with van der Waals surface area (Å²) in [6, 6.07) is 6.71. The second kappa shape index (κ2) is 6.40. The minimum Gasteiger partial charge on any atom is -0.393 e. The van der Waals surface area contributed by atoms with Gasteiger partial charge in [0.2, 0.25) is 0 Å². The molecule has 1 fully saturated rings. The summed E-state index contributed by atoms with van der Waals surface area (Å²) < 4.78 is 0. The highest BCUT2D eigenvalue weighted by atomic mass is 16.3. The standard InChI is InChI=1S/C16H26N2O/c1-4-17-10-14-5-6-16(9-12(14)2)18-8-7-15(11-18)13(3)19/h5-6,9,13,15,17,19H,4,7-8,10-11H2,1-3H3. The molecule has 2 atom stereocenters. The van der Waals surface area contributed by atoms with E-state index in [1.54, 1.807) is 0 Å². The lowest BCUT2D eigenvalue weighted by Crippen LogP contribution is -2.24. The number of hydrogen-bond donors (Lipinski definition) is 2. The minimum absolute atomic E-state index is 0.195. The van der Waals surface area contributed by atoms with E-state index in [1.165, 1.54) is 16.8 Å². The highest BCUT2D eigenvalue weighted by Gasteiger charge is 2.26. The molecule has 2 N–H and O–H groups in total. The highest BCUT2D eigenvalue weighted by molar-refractivity contribution is 5.51. The third-order valence-corrected chi connectivity index (χ3v) is 4.16. The zero-order valence-corrected chi connectivity index (χ0v) is 12.3. The Morgan fingerprint density at radius 2 is 2.26 bits per heavy atom.